The minimum absolute atomic E-state index is 0.509. The SMILES string of the molecule is C=CS(O)(O)c1ccccc1. The Balaban J connectivity index is 3.02. The summed E-state index contributed by atoms with van der Waals surface area (Å²) in [6.07, 6.45) is 0. The number of hydrogen-bond acceptors (Lipinski definition) is 2. The van der Waals surface area contributed by atoms with E-state index in [0.29, 0.717) is 4.90 Å². The van der Waals surface area contributed by atoms with Crippen molar-refractivity contribution in [2.45, 2.75) is 4.90 Å². The van der Waals surface area contributed by atoms with E-state index < -0.39 is 10.6 Å². The van der Waals surface area contributed by atoms with Gasteiger partial charge in [0.1, 0.15) is 0 Å². The quantitative estimate of drug-likeness (QED) is 0.716. The van der Waals surface area contributed by atoms with Crippen molar-refractivity contribution in [1.29, 1.82) is 0 Å². The average Bonchev–Trinajstić information content (AvgIpc) is 2.06. The van der Waals surface area contributed by atoms with Crippen molar-refractivity contribution in [3.8, 4) is 0 Å². The van der Waals surface area contributed by atoms with E-state index in [1.165, 1.54) is 5.41 Å². The molecule has 0 unspecified atom stereocenters. The molecule has 0 atom stereocenters. The largest absolute Gasteiger partial charge is 0.291 e. The molecular weight excluding hydrogens is 160 g/mol. The van der Waals surface area contributed by atoms with Crippen molar-refractivity contribution >= 4 is 10.6 Å². The van der Waals surface area contributed by atoms with Gasteiger partial charge < -0.3 is 0 Å². The molecule has 0 saturated heterocycles. The second kappa shape index (κ2) is 3.09. The highest BCUT2D eigenvalue weighted by Gasteiger charge is 2.08. The van der Waals surface area contributed by atoms with E-state index in [9.17, 15) is 9.11 Å². The first-order valence-corrected chi connectivity index (χ1v) is 4.73. The third-order valence-corrected chi connectivity index (χ3v) is 2.75. The Morgan fingerprint density at radius 3 is 2.18 bits per heavy atom. The molecule has 0 radical (unpaired) electrons. The van der Waals surface area contributed by atoms with Crippen LogP contribution < -0.4 is 0 Å². The van der Waals surface area contributed by atoms with E-state index in [0.717, 1.165) is 0 Å². The molecule has 0 spiro atoms. The molecule has 11 heavy (non-hydrogen) atoms. The lowest BCUT2D eigenvalue weighted by Gasteiger charge is -2.27. The monoisotopic (exact) mass is 170 g/mol. The van der Waals surface area contributed by atoms with Crippen molar-refractivity contribution in [2.75, 3.05) is 0 Å². The predicted octanol–water partition coefficient (Wildman–Crippen LogP) is 2.94. The van der Waals surface area contributed by atoms with Crippen LogP contribution in [-0.4, -0.2) is 9.11 Å². The fourth-order valence-corrected chi connectivity index (χ4v) is 1.47. The lowest BCUT2D eigenvalue weighted by molar-refractivity contribution is 0.499. The van der Waals surface area contributed by atoms with Gasteiger partial charge in [-0.25, -0.2) is 0 Å². The third-order valence-electron chi connectivity index (χ3n) is 1.32. The molecule has 0 amide bonds. The van der Waals surface area contributed by atoms with Crippen molar-refractivity contribution < 1.29 is 9.11 Å². The van der Waals surface area contributed by atoms with Crippen LogP contribution in [0.3, 0.4) is 0 Å². The summed E-state index contributed by atoms with van der Waals surface area (Å²) in [5.74, 6) is 0. The van der Waals surface area contributed by atoms with Gasteiger partial charge in [-0.15, -0.1) is 10.6 Å². The molecule has 0 aliphatic rings. The van der Waals surface area contributed by atoms with Gasteiger partial charge in [0, 0.05) is 5.41 Å². The Kier molecular flexibility index (Phi) is 2.34. The Bertz CT molecular complexity index is 244. The van der Waals surface area contributed by atoms with Crippen LogP contribution in [-0.2, 0) is 0 Å². The van der Waals surface area contributed by atoms with Crippen molar-refractivity contribution in [3.05, 3.63) is 42.3 Å². The van der Waals surface area contributed by atoms with Crippen molar-refractivity contribution in [1.82, 2.24) is 0 Å². The van der Waals surface area contributed by atoms with Gasteiger partial charge >= 0.3 is 0 Å². The summed E-state index contributed by atoms with van der Waals surface area (Å²) in [6.45, 7) is 3.35. The van der Waals surface area contributed by atoms with Crippen LogP contribution in [0.15, 0.2) is 47.2 Å². The first-order chi connectivity index (χ1) is 5.17. The van der Waals surface area contributed by atoms with Crippen molar-refractivity contribution in [2.24, 2.45) is 0 Å². The molecule has 0 fully saturated rings. The zero-order valence-electron chi connectivity index (χ0n) is 5.97. The standard InChI is InChI=1S/C8H10O2S/c1-2-11(9,10)8-6-4-3-5-7-8/h2-7,9-10H,1H2. The fourth-order valence-electron chi connectivity index (χ4n) is 0.717. The summed E-state index contributed by atoms with van der Waals surface area (Å²) in [4.78, 5) is 0.509. The van der Waals surface area contributed by atoms with Gasteiger partial charge in [0.2, 0.25) is 0 Å². The van der Waals surface area contributed by atoms with E-state index >= 15 is 0 Å². The number of rotatable bonds is 2. The van der Waals surface area contributed by atoms with Crippen LogP contribution in [0.1, 0.15) is 0 Å². The summed E-state index contributed by atoms with van der Waals surface area (Å²) in [6, 6.07) is 8.66. The van der Waals surface area contributed by atoms with Crippen LogP contribution in [0.25, 0.3) is 0 Å². The first kappa shape index (κ1) is 8.33. The van der Waals surface area contributed by atoms with E-state index in [-0.39, 0.29) is 0 Å². The average molecular weight is 170 g/mol. The Morgan fingerprint density at radius 1 is 1.18 bits per heavy atom. The van der Waals surface area contributed by atoms with E-state index in [1.54, 1.807) is 24.3 Å². The molecule has 0 aromatic heterocycles. The van der Waals surface area contributed by atoms with Gasteiger partial charge in [0.05, 0.1) is 4.90 Å². The summed E-state index contributed by atoms with van der Waals surface area (Å²) in [5.41, 5.74) is 0. The molecule has 0 heterocycles. The summed E-state index contributed by atoms with van der Waals surface area (Å²) >= 11 is 0. The molecule has 0 aliphatic carbocycles. The van der Waals surface area contributed by atoms with Gasteiger partial charge in [0.15, 0.2) is 0 Å². The normalized spacial score (nSPS) is 12.5. The number of hydrogen-bond donors (Lipinski definition) is 2. The fraction of sp³-hybridized carbons (Fsp3) is 0. The Labute approximate surface area is 67.5 Å². The second-order valence-electron chi connectivity index (χ2n) is 2.07. The van der Waals surface area contributed by atoms with E-state index in [2.05, 4.69) is 6.58 Å². The molecule has 1 aromatic rings. The summed E-state index contributed by atoms with van der Waals surface area (Å²) < 4.78 is 18.6. The van der Waals surface area contributed by atoms with Crippen LogP contribution in [0.5, 0.6) is 0 Å². The zero-order valence-corrected chi connectivity index (χ0v) is 6.79. The molecule has 2 nitrogen and oxygen atoms in total. The Hall–Kier alpha value is -0.770. The van der Waals surface area contributed by atoms with Gasteiger partial charge in [0.25, 0.3) is 0 Å². The minimum Gasteiger partial charge on any atom is -0.291 e. The molecule has 3 heteroatoms. The van der Waals surface area contributed by atoms with E-state index in [4.69, 9.17) is 0 Å². The first-order valence-electron chi connectivity index (χ1n) is 3.12. The third kappa shape index (κ3) is 1.83. The highest BCUT2D eigenvalue weighted by atomic mass is 32.3. The number of benzene rings is 1. The minimum atomic E-state index is -2.73. The highest BCUT2D eigenvalue weighted by molar-refractivity contribution is 8.26. The summed E-state index contributed by atoms with van der Waals surface area (Å²) in [5, 5.41) is 1.17. The van der Waals surface area contributed by atoms with Crippen LogP contribution >= 0.6 is 10.6 Å². The van der Waals surface area contributed by atoms with E-state index in [1.807, 2.05) is 6.07 Å². The lowest BCUT2D eigenvalue weighted by Crippen LogP contribution is -1.91. The predicted molar refractivity (Wildman–Crippen MR) is 47.8 cm³/mol. The lowest BCUT2D eigenvalue weighted by atomic mass is 10.4. The molecule has 1 aromatic carbocycles. The highest BCUT2D eigenvalue weighted by Crippen LogP contribution is 2.48. The Morgan fingerprint density at radius 2 is 1.73 bits per heavy atom. The second-order valence-corrected chi connectivity index (χ2v) is 4.06. The molecule has 2 N–H and O–H groups in total. The van der Waals surface area contributed by atoms with Crippen LogP contribution in [0.4, 0.5) is 0 Å². The maximum absolute atomic E-state index is 9.32. The van der Waals surface area contributed by atoms with Gasteiger partial charge in [-0.05, 0) is 12.1 Å². The molecule has 60 valence electrons. The maximum Gasteiger partial charge on any atom is 0.0630 e. The smallest absolute Gasteiger partial charge is 0.0630 e. The topological polar surface area (TPSA) is 40.5 Å². The zero-order chi connectivity index (χ0) is 8.32. The molecule has 0 aliphatic heterocycles. The summed E-state index contributed by atoms with van der Waals surface area (Å²) in [7, 11) is -2.73. The molecular formula is C8H10O2S. The van der Waals surface area contributed by atoms with Gasteiger partial charge in [-0.1, -0.05) is 24.8 Å². The maximum atomic E-state index is 9.32. The molecule has 1 rings (SSSR count). The van der Waals surface area contributed by atoms with Crippen LogP contribution in [0.2, 0.25) is 0 Å². The van der Waals surface area contributed by atoms with Gasteiger partial charge in [-0.2, -0.15) is 0 Å². The molecule has 0 bridgehead atoms. The van der Waals surface area contributed by atoms with Crippen LogP contribution in [0, 0.1) is 0 Å². The van der Waals surface area contributed by atoms with Gasteiger partial charge in [-0.3, -0.25) is 9.11 Å². The molecule has 0 saturated carbocycles. The van der Waals surface area contributed by atoms with Crippen molar-refractivity contribution in [3.63, 3.8) is 0 Å².